The fourth-order valence-electron chi connectivity index (χ4n) is 13.4. The number of pyridine rings is 2. The highest BCUT2D eigenvalue weighted by Gasteiger charge is 2.46. The summed E-state index contributed by atoms with van der Waals surface area (Å²) in [6.45, 7) is 31.5. The van der Waals surface area contributed by atoms with Gasteiger partial charge < -0.3 is 44.0 Å². The Morgan fingerprint density at radius 2 is 1.19 bits per heavy atom. The molecule has 0 spiro atoms. The van der Waals surface area contributed by atoms with E-state index in [1.165, 1.54) is 0 Å². The Balaban J connectivity index is 0.000000206. The summed E-state index contributed by atoms with van der Waals surface area (Å²) in [7, 11) is -2.72. The number of rotatable bonds is 20. The molecule has 0 saturated carbocycles. The number of anilines is 2. The molecule has 0 aliphatic carbocycles. The predicted molar refractivity (Wildman–Crippen MR) is 386 cm³/mol. The van der Waals surface area contributed by atoms with Crippen LogP contribution in [0.1, 0.15) is 98.9 Å². The van der Waals surface area contributed by atoms with Gasteiger partial charge in [0.1, 0.15) is 36.5 Å². The molecule has 100 heavy (non-hydrogen) atoms. The van der Waals surface area contributed by atoms with Gasteiger partial charge in [0, 0.05) is 112 Å². The Bertz CT molecular complexity index is 4100. The number of benzene rings is 2. The number of ether oxygens (including phenoxy) is 6. The topological polar surface area (TPSA) is 223 Å². The molecule has 8 aromatic rings. The van der Waals surface area contributed by atoms with Gasteiger partial charge in [0.2, 0.25) is 6.29 Å². The van der Waals surface area contributed by atoms with Crippen LogP contribution in [0.5, 0.6) is 0 Å². The third-order valence-corrected chi connectivity index (χ3v) is 21.6. The van der Waals surface area contributed by atoms with E-state index in [0.29, 0.717) is 101 Å². The molecule has 2 aromatic carbocycles. The molecule has 26 heteroatoms. The van der Waals surface area contributed by atoms with Crippen molar-refractivity contribution in [2.45, 2.75) is 159 Å². The molecule has 4 atom stereocenters. The van der Waals surface area contributed by atoms with Gasteiger partial charge >= 0.3 is 12.3 Å². The summed E-state index contributed by atoms with van der Waals surface area (Å²) in [5.41, 5.74) is 11.6. The summed E-state index contributed by atoms with van der Waals surface area (Å²) in [5, 5.41) is 16.8. The van der Waals surface area contributed by atoms with Crippen LogP contribution in [0, 0.1) is 0 Å². The number of alkyl halides is 3. The molecule has 13 rings (SSSR count). The van der Waals surface area contributed by atoms with Gasteiger partial charge in [0.15, 0.2) is 17.1 Å². The molecule has 1 amide bonds. The molecule has 5 aliphatic rings. The number of nitrogens with zero attached hydrogens (tertiary/aromatic N) is 10. The van der Waals surface area contributed by atoms with Crippen LogP contribution in [0.4, 0.5) is 29.6 Å². The Morgan fingerprint density at radius 3 is 1.68 bits per heavy atom. The van der Waals surface area contributed by atoms with Gasteiger partial charge in [-0.15, -0.1) is 0 Å². The van der Waals surface area contributed by atoms with Crippen LogP contribution in [0.2, 0.25) is 51.4 Å². The SMILES string of the molecule is C=C(OCC)c1c(C2CC3COCC(C2)N3C(=O)OC(C)(C)C)nc2c(-c3ccc(-c4ccccc4)nc3)cnn2c1N(COCC[Si](C)(C)C)COCC[Si](C)(C)C.O=C1CCNc2c1c(C1CC3COCC(C1)N3)nc1c(-c3ccc(-c4ccccc4)nc3)cnn21.O=CC(F)(F)F. The maximum Gasteiger partial charge on any atom is 0.446 e. The third-order valence-electron chi connectivity index (χ3n) is 18.2. The number of nitrogens with one attached hydrogen (secondary N) is 2. The number of ketones is 1. The summed E-state index contributed by atoms with van der Waals surface area (Å²) in [6, 6.07) is 30.8. The Morgan fingerprint density at radius 1 is 0.690 bits per heavy atom. The first-order valence-corrected chi connectivity index (χ1v) is 42.0. The van der Waals surface area contributed by atoms with E-state index in [1.54, 1.807) is 4.52 Å². The summed E-state index contributed by atoms with van der Waals surface area (Å²) >= 11 is 0. The fraction of sp³-hybridized carbons (Fsp3) is 0.473. The average molecular weight is 1410 g/mol. The third kappa shape index (κ3) is 17.9. The molecule has 11 heterocycles. The van der Waals surface area contributed by atoms with Crippen molar-refractivity contribution in [1.29, 1.82) is 0 Å². The molecule has 4 unspecified atom stereocenters. The molecule has 532 valence electrons. The van der Waals surface area contributed by atoms with E-state index < -0.39 is 34.2 Å². The molecular formula is C74H93F3N12O9Si2. The number of amides is 1. The average Bonchev–Trinajstić information content (AvgIpc) is 1.42. The molecular weight excluding hydrogens is 1310 g/mol. The molecule has 21 nitrogen and oxygen atoms in total. The van der Waals surface area contributed by atoms with Gasteiger partial charge in [-0.2, -0.15) is 32.4 Å². The number of carbonyl (C=O) groups excluding carboxylic acids is 3. The smallest absolute Gasteiger partial charge is 0.446 e. The molecule has 5 aliphatic heterocycles. The second kappa shape index (κ2) is 31.3. The standard InChI is InChI=1S/C45H66N6O6Si2.C27H26N6O2.C2HF3O/c1-12-56-32(2)40-41(35-24-36-28-55-29-37(25-35)50(36)44(52)57-45(3,4)5)48-42-38(34-18-19-39(46-26-34)33-16-14-13-15-17-33)27-47-51(42)43(40)49(30-53-20-22-58(6,7)8)31-54-21-23-59(9,10)11;34-23-8-9-28-27-24(23)25(18-10-19-14-35-15-20(11-18)31-19)32-26-21(13-30-33(26)27)17-6-7-22(29-12-17)16-4-2-1-3-5-16;3-2(4,5)1-6/h13-19,26-27,35-37H,2,12,20-25,28-31H2,1,3-11H3;1-7,12-13,18-20,28,31H,8-11,14-15H2;1H. The minimum absolute atomic E-state index is 0.0626. The molecule has 4 bridgehead atoms. The largest absolute Gasteiger partial charge is 0.494 e. The number of morpholine rings is 2. The fourth-order valence-corrected chi connectivity index (χ4v) is 14.9. The summed E-state index contributed by atoms with van der Waals surface area (Å²) in [5.74, 6) is 2.31. The van der Waals surface area contributed by atoms with Crippen LogP contribution in [0.15, 0.2) is 116 Å². The first-order valence-electron chi connectivity index (χ1n) is 34.6. The highest BCUT2D eigenvalue weighted by molar-refractivity contribution is 6.76. The lowest BCUT2D eigenvalue weighted by molar-refractivity contribution is -0.156. The van der Waals surface area contributed by atoms with Gasteiger partial charge in [-0.25, -0.2) is 14.8 Å². The predicted octanol–water partition coefficient (Wildman–Crippen LogP) is 14.2. The quantitative estimate of drug-likeness (QED) is 0.0238. The number of aldehydes is 1. The molecule has 2 N–H and O–H groups in total. The van der Waals surface area contributed by atoms with Gasteiger partial charge in [-0.05, 0) is 77.6 Å². The minimum atomic E-state index is -4.64. The first-order chi connectivity index (χ1) is 47.7. The van der Waals surface area contributed by atoms with E-state index in [4.69, 9.17) is 58.3 Å². The van der Waals surface area contributed by atoms with Crippen LogP contribution in [0.3, 0.4) is 0 Å². The zero-order valence-corrected chi connectivity index (χ0v) is 60.9. The monoisotopic (exact) mass is 1410 g/mol. The second-order valence-corrected chi connectivity index (χ2v) is 40.9. The minimum Gasteiger partial charge on any atom is -0.494 e. The highest BCUT2D eigenvalue weighted by atomic mass is 28.3. The lowest BCUT2D eigenvalue weighted by Gasteiger charge is -2.48. The van der Waals surface area contributed by atoms with Gasteiger partial charge in [-0.3, -0.25) is 24.5 Å². The van der Waals surface area contributed by atoms with Gasteiger partial charge in [0.05, 0.1) is 91.4 Å². The Kier molecular flexibility index (Phi) is 22.9. The van der Waals surface area contributed by atoms with E-state index in [0.717, 1.165) is 104 Å². The molecule has 0 radical (unpaired) electrons. The second-order valence-electron chi connectivity index (χ2n) is 29.6. The van der Waals surface area contributed by atoms with Crippen LogP contribution >= 0.6 is 0 Å². The Hall–Kier alpha value is -8.25. The van der Waals surface area contributed by atoms with Gasteiger partial charge in [0.25, 0.3) is 0 Å². The summed E-state index contributed by atoms with van der Waals surface area (Å²) in [4.78, 5) is 59.8. The van der Waals surface area contributed by atoms with Crippen molar-refractivity contribution in [3.63, 3.8) is 0 Å². The number of carbonyl (C=O) groups is 3. The molecule has 6 aromatic heterocycles. The van der Waals surface area contributed by atoms with Crippen LogP contribution in [0.25, 0.3) is 61.8 Å². The van der Waals surface area contributed by atoms with E-state index in [1.807, 2.05) is 110 Å². The molecule has 4 saturated heterocycles. The van der Waals surface area contributed by atoms with Crippen molar-refractivity contribution >= 4 is 63.0 Å². The van der Waals surface area contributed by atoms with Crippen molar-refractivity contribution < 1.29 is 56.0 Å². The van der Waals surface area contributed by atoms with Crippen molar-refractivity contribution in [3.8, 4) is 44.8 Å². The van der Waals surface area contributed by atoms with Crippen LogP contribution in [-0.4, -0.2) is 181 Å². The van der Waals surface area contributed by atoms with Gasteiger partial charge in [-0.1, -0.05) is 119 Å². The summed E-state index contributed by atoms with van der Waals surface area (Å²) in [6.07, 6.45) is 5.02. The number of aromatic nitrogens is 8. The zero-order chi connectivity index (χ0) is 71.1. The van der Waals surface area contributed by atoms with Crippen molar-refractivity contribution in [3.05, 3.63) is 139 Å². The van der Waals surface area contributed by atoms with Crippen LogP contribution < -0.4 is 15.5 Å². The first kappa shape index (κ1) is 73.0. The number of hydrogen-bond acceptors (Lipinski definition) is 18. The summed E-state index contributed by atoms with van der Waals surface area (Å²) < 4.78 is 72.0. The van der Waals surface area contributed by atoms with Crippen molar-refractivity contribution in [2.24, 2.45) is 0 Å². The Labute approximate surface area is 584 Å². The highest BCUT2D eigenvalue weighted by Crippen LogP contribution is 2.45. The lowest BCUT2D eigenvalue weighted by Crippen LogP contribution is -2.59. The van der Waals surface area contributed by atoms with E-state index in [2.05, 4.69) is 103 Å². The van der Waals surface area contributed by atoms with Crippen molar-refractivity contribution in [1.82, 2.24) is 49.4 Å². The van der Waals surface area contributed by atoms with Crippen LogP contribution in [-0.2, 0) is 33.2 Å². The maximum atomic E-state index is 13.7. The molecule has 4 fully saturated rings. The van der Waals surface area contributed by atoms with E-state index >= 15 is 0 Å². The maximum absolute atomic E-state index is 13.7. The number of piperidine rings is 2. The number of hydrogen-bond donors (Lipinski definition) is 2. The number of Topliss-reactive ketones (excluding diaryl/α,β-unsaturated/α-hetero) is 1. The zero-order valence-electron chi connectivity index (χ0n) is 58.9. The lowest BCUT2D eigenvalue weighted by atomic mass is 9.81. The van der Waals surface area contributed by atoms with E-state index in [9.17, 15) is 22.8 Å². The van der Waals surface area contributed by atoms with E-state index in [-0.39, 0.29) is 49.3 Å². The number of halogens is 3. The normalized spacial score (nSPS) is 19.9. The number of fused-ring (bicyclic) bond motifs is 8. The van der Waals surface area contributed by atoms with Crippen molar-refractivity contribution in [2.75, 3.05) is 76.5 Å².